The van der Waals surface area contributed by atoms with E-state index in [1.807, 2.05) is 16.7 Å². The number of amides is 1. The van der Waals surface area contributed by atoms with Crippen LogP contribution in [-0.2, 0) is 11.0 Å². The van der Waals surface area contributed by atoms with Gasteiger partial charge < -0.3 is 19.7 Å². The van der Waals surface area contributed by atoms with E-state index in [0.717, 1.165) is 12.3 Å². The van der Waals surface area contributed by atoms with E-state index < -0.39 is 11.7 Å². The number of hydrogen-bond donors (Lipinski definition) is 1. The summed E-state index contributed by atoms with van der Waals surface area (Å²) in [4.78, 5) is 20.6. The highest BCUT2D eigenvalue weighted by Gasteiger charge is 2.31. The second kappa shape index (κ2) is 8.62. The van der Waals surface area contributed by atoms with Crippen molar-refractivity contribution in [3.05, 3.63) is 42.1 Å². The molecule has 1 aromatic carbocycles. The van der Waals surface area contributed by atoms with Gasteiger partial charge in [0.15, 0.2) is 11.5 Å². The van der Waals surface area contributed by atoms with Gasteiger partial charge in [-0.1, -0.05) is 0 Å². The molecule has 0 radical (unpaired) electrons. The Morgan fingerprint density at radius 3 is 2.42 bits per heavy atom. The predicted molar refractivity (Wildman–Crippen MR) is 109 cm³/mol. The molecule has 0 saturated carbocycles. The van der Waals surface area contributed by atoms with Gasteiger partial charge in [-0.05, 0) is 31.2 Å². The van der Waals surface area contributed by atoms with Crippen molar-refractivity contribution in [1.82, 2.24) is 9.88 Å². The zero-order valence-electron chi connectivity index (χ0n) is 17.0. The number of benzene rings is 1. The van der Waals surface area contributed by atoms with Crippen molar-refractivity contribution in [3.8, 4) is 11.5 Å². The molecule has 1 saturated heterocycles. The molecule has 2 aliphatic heterocycles. The van der Waals surface area contributed by atoms with E-state index in [9.17, 15) is 18.0 Å². The van der Waals surface area contributed by atoms with Gasteiger partial charge in [-0.15, -0.1) is 0 Å². The second-order valence-electron chi connectivity index (χ2n) is 7.45. The second-order valence-corrected chi connectivity index (χ2v) is 7.45. The van der Waals surface area contributed by atoms with Crippen LogP contribution in [-0.4, -0.2) is 61.2 Å². The number of rotatable bonds is 4. The molecule has 0 unspecified atom stereocenters. The van der Waals surface area contributed by atoms with Crippen LogP contribution in [0.1, 0.15) is 12.5 Å². The zero-order chi connectivity index (χ0) is 22.0. The summed E-state index contributed by atoms with van der Waals surface area (Å²) in [6.07, 6.45) is -3.55. The van der Waals surface area contributed by atoms with Crippen LogP contribution in [0, 0.1) is 0 Å². The van der Waals surface area contributed by atoms with Crippen molar-refractivity contribution in [1.29, 1.82) is 0 Å². The summed E-state index contributed by atoms with van der Waals surface area (Å²) in [7, 11) is 0. The Bertz CT molecular complexity index is 928. The third kappa shape index (κ3) is 4.84. The smallest absolute Gasteiger partial charge is 0.417 e. The number of piperazine rings is 1. The molecule has 31 heavy (non-hydrogen) atoms. The Labute approximate surface area is 177 Å². The molecule has 1 N–H and O–H groups in total. The number of nitrogens with one attached hydrogen (secondary N) is 1. The number of hydrogen-bond acceptors (Lipinski definition) is 6. The van der Waals surface area contributed by atoms with Gasteiger partial charge in [0.25, 0.3) is 0 Å². The standard InChI is InChI=1S/C21H23F3N4O3/c1-14(20(29)26-16-3-4-17-18(12-16)31-11-10-30-17)27-6-8-28(9-7-27)19-5-2-15(13-25-19)21(22,23)24/h2-5,12-14H,6-11H2,1H3,(H,26,29)/t14-/m1/s1. The summed E-state index contributed by atoms with van der Waals surface area (Å²) in [5, 5.41) is 2.90. The first-order chi connectivity index (χ1) is 14.8. The Kier molecular flexibility index (Phi) is 5.90. The third-order valence-corrected chi connectivity index (χ3v) is 5.45. The predicted octanol–water partition coefficient (Wildman–Crippen LogP) is 3.02. The summed E-state index contributed by atoms with van der Waals surface area (Å²) < 4.78 is 49.1. The van der Waals surface area contributed by atoms with Crippen LogP contribution >= 0.6 is 0 Å². The minimum absolute atomic E-state index is 0.141. The highest BCUT2D eigenvalue weighted by molar-refractivity contribution is 5.94. The van der Waals surface area contributed by atoms with Gasteiger partial charge in [-0.2, -0.15) is 13.2 Å². The number of pyridine rings is 1. The van der Waals surface area contributed by atoms with E-state index >= 15 is 0 Å². The summed E-state index contributed by atoms with van der Waals surface area (Å²) >= 11 is 0. The maximum absolute atomic E-state index is 12.7. The van der Waals surface area contributed by atoms with Crippen LogP contribution in [0.4, 0.5) is 24.7 Å². The van der Waals surface area contributed by atoms with E-state index in [2.05, 4.69) is 10.3 Å². The first-order valence-electron chi connectivity index (χ1n) is 10.0. The first-order valence-corrected chi connectivity index (χ1v) is 10.0. The Balaban J connectivity index is 1.31. The van der Waals surface area contributed by atoms with Gasteiger partial charge >= 0.3 is 6.18 Å². The molecule has 1 fully saturated rings. The zero-order valence-corrected chi connectivity index (χ0v) is 17.0. The quantitative estimate of drug-likeness (QED) is 0.795. The molecular formula is C21H23F3N4O3. The fourth-order valence-corrected chi connectivity index (χ4v) is 3.61. The molecule has 0 aliphatic carbocycles. The Morgan fingerprint density at radius 1 is 1.06 bits per heavy atom. The van der Waals surface area contributed by atoms with E-state index in [-0.39, 0.29) is 11.9 Å². The van der Waals surface area contributed by atoms with Gasteiger partial charge in [0, 0.05) is 44.1 Å². The molecule has 0 bridgehead atoms. The van der Waals surface area contributed by atoms with Crippen LogP contribution < -0.4 is 19.7 Å². The van der Waals surface area contributed by atoms with Gasteiger partial charge in [0.2, 0.25) is 5.91 Å². The lowest BCUT2D eigenvalue weighted by atomic mass is 10.2. The van der Waals surface area contributed by atoms with Crippen molar-refractivity contribution >= 4 is 17.4 Å². The lowest BCUT2D eigenvalue weighted by molar-refractivity contribution is -0.137. The molecule has 1 atom stereocenters. The fraction of sp³-hybridized carbons (Fsp3) is 0.429. The Hall–Kier alpha value is -3.01. The van der Waals surface area contributed by atoms with Crippen LogP contribution in [0.15, 0.2) is 36.5 Å². The third-order valence-electron chi connectivity index (χ3n) is 5.45. The van der Waals surface area contributed by atoms with Gasteiger partial charge in [0.1, 0.15) is 19.0 Å². The van der Waals surface area contributed by atoms with Crippen LogP contribution in [0.3, 0.4) is 0 Å². The van der Waals surface area contributed by atoms with E-state index in [0.29, 0.717) is 62.4 Å². The number of aromatic nitrogens is 1. The van der Waals surface area contributed by atoms with Crippen molar-refractivity contribution in [2.45, 2.75) is 19.1 Å². The molecule has 2 aliphatic rings. The molecule has 1 amide bonds. The molecule has 10 heteroatoms. The number of carbonyl (C=O) groups is 1. The lowest BCUT2D eigenvalue weighted by Gasteiger charge is -2.38. The number of carbonyl (C=O) groups excluding carboxylic acids is 1. The highest BCUT2D eigenvalue weighted by atomic mass is 19.4. The number of alkyl halides is 3. The largest absolute Gasteiger partial charge is 0.486 e. The summed E-state index contributed by atoms with van der Waals surface area (Å²) in [6.45, 7) is 5.14. The van der Waals surface area contributed by atoms with Crippen molar-refractivity contribution in [3.63, 3.8) is 0 Å². The number of halogens is 3. The van der Waals surface area contributed by atoms with E-state index in [1.165, 1.54) is 6.07 Å². The average Bonchev–Trinajstić information content (AvgIpc) is 2.78. The van der Waals surface area contributed by atoms with Gasteiger partial charge in [0.05, 0.1) is 11.6 Å². The maximum atomic E-state index is 12.7. The molecule has 166 valence electrons. The fourth-order valence-electron chi connectivity index (χ4n) is 3.61. The van der Waals surface area contributed by atoms with Gasteiger partial charge in [-0.3, -0.25) is 9.69 Å². The lowest BCUT2D eigenvalue weighted by Crippen LogP contribution is -2.53. The minimum Gasteiger partial charge on any atom is -0.486 e. The number of nitrogens with zero attached hydrogens (tertiary/aromatic N) is 3. The summed E-state index contributed by atoms with van der Waals surface area (Å²) in [5.41, 5.74) is -0.131. The van der Waals surface area contributed by atoms with Crippen LogP contribution in [0.2, 0.25) is 0 Å². The molecule has 7 nitrogen and oxygen atoms in total. The molecular weight excluding hydrogens is 413 g/mol. The van der Waals surface area contributed by atoms with Crippen LogP contribution in [0.25, 0.3) is 0 Å². The first kappa shape index (κ1) is 21.2. The Morgan fingerprint density at radius 2 is 1.77 bits per heavy atom. The number of ether oxygens (including phenoxy) is 2. The minimum atomic E-state index is -4.40. The van der Waals surface area contributed by atoms with Crippen LogP contribution in [0.5, 0.6) is 11.5 Å². The molecule has 2 aromatic rings. The van der Waals surface area contributed by atoms with Crippen molar-refractivity contribution in [2.75, 3.05) is 49.6 Å². The number of anilines is 2. The van der Waals surface area contributed by atoms with E-state index in [1.54, 1.807) is 18.2 Å². The summed E-state index contributed by atoms with van der Waals surface area (Å²) in [5.74, 6) is 1.62. The van der Waals surface area contributed by atoms with Crippen molar-refractivity contribution < 1.29 is 27.4 Å². The van der Waals surface area contributed by atoms with E-state index in [4.69, 9.17) is 9.47 Å². The topological polar surface area (TPSA) is 66.9 Å². The molecule has 3 heterocycles. The van der Waals surface area contributed by atoms with Gasteiger partial charge in [-0.25, -0.2) is 4.98 Å². The number of fused-ring (bicyclic) bond motifs is 1. The summed E-state index contributed by atoms with van der Waals surface area (Å²) in [6, 6.07) is 7.34. The SMILES string of the molecule is C[C@H](C(=O)Nc1ccc2c(c1)OCCO2)N1CCN(c2ccc(C(F)(F)F)cn2)CC1. The maximum Gasteiger partial charge on any atom is 0.417 e. The average molecular weight is 436 g/mol. The molecule has 0 spiro atoms. The molecule has 4 rings (SSSR count). The normalized spacial score (nSPS) is 17.9. The van der Waals surface area contributed by atoms with Crippen molar-refractivity contribution in [2.24, 2.45) is 0 Å². The molecule has 1 aromatic heterocycles. The monoisotopic (exact) mass is 436 g/mol. The highest BCUT2D eigenvalue weighted by Crippen LogP contribution is 2.33.